The highest BCUT2D eigenvalue weighted by molar-refractivity contribution is 6.05. The molecule has 0 bridgehead atoms. The molecule has 1 aliphatic rings. The minimum Gasteiger partial charge on any atom is -0.382 e. The molecule has 0 aromatic carbocycles. The number of nitrogen functional groups attached to an aromatic ring is 1. The topological polar surface area (TPSA) is 121 Å². The van der Waals surface area contributed by atoms with Gasteiger partial charge in [-0.15, -0.1) is 0 Å². The van der Waals surface area contributed by atoms with Crippen LogP contribution >= 0.6 is 0 Å². The van der Waals surface area contributed by atoms with E-state index in [0.717, 1.165) is 0 Å². The Morgan fingerprint density at radius 1 is 1.18 bits per heavy atom. The van der Waals surface area contributed by atoms with Crippen LogP contribution in [0.1, 0.15) is 10.5 Å². The summed E-state index contributed by atoms with van der Waals surface area (Å²) in [4.78, 5) is 42.9. The highest BCUT2D eigenvalue weighted by Crippen LogP contribution is 2.17. The lowest BCUT2D eigenvalue weighted by Crippen LogP contribution is -2.51. The van der Waals surface area contributed by atoms with E-state index in [1.165, 1.54) is 0 Å². The van der Waals surface area contributed by atoms with Crippen LogP contribution < -0.4 is 16.0 Å². The van der Waals surface area contributed by atoms with Gasteiger partial charge in [0, 0.05) is 32.4 Å². The number of likely N-dealkylation sites (N-methyl/N-ethyl adjacent to an activating group) is 1. The van der Waals surface area contributed by atoms with Crippen LogP contribution in [0.3, 0.4) is 0 Å². The van der Waals surface area contributed by atoms with Crippen LogP contribution in [0.5, 0.6) is 0 Å². The van der Waals surface area contributed by atoms with Crippen molar-refractivity contribution in [3.8, 4) is 0 Å². The summed E-state index contributed by atoms with van der Waals surface area (Å²) < 4.78 is 0. The van der Waals surface area contributed by atoms with Crippen molar-refractivity contribution < 1.29 is 9.59 Å². The summed E-state index contributed by atoms with van der Waals surface area (Å²) in [6.45, 7) is 2.79. The highest BCUT2D eigenvalue weighted by atomic mass is 16.2. The molecule has 1 fully saturated rings. The van der Waals surface area contributed by atoms with Crippen LogP contribution in [0.4, 0.5) is 17.5 Å². The van der Waals surface area contributed by atoms with Gasteiger partial charge in [0.15, 0.2) is 11.5 Å². The molecule has 0 spiro atoms. The third kappa shape index (κ3) is 4.71. The minimum absolute atomic E-state index is 0.0502. The molecule has 0 radical (unpaired) electrons. The number of nitrogens with two attached hydrogens (primary N) is 1. The zero-order chi connectivity index (χ0) is 20.1. The zero-order valence-corrected chi connectivity index (χ0v) is 16.0. The fourth-order valence-corrected chi connectivity index (χ4v) is 2.88. The second-order valence-corrected chi connectivity index (χ2v) is 6.74. The quantitative estimate of drug-likeness (QED) is 0.734. The lowest BCUT2D eigenvalue weighted by molar-refractivity contribution is -0.132. The third-order valence-corrected chi connectivity index (χ3v) is 4.32. The van der Waals surface area contributed by atoms with Gasteiger partial charge in [-0.25, -0.2) is 15.0 Å². The van der Waals surface area contributed by atoms with E-state index in [1.54, 1.807) is 30.6 Å². The molecule has 0 atom stereocenters. The molecular weight excluding hydrogens is 360 g/mol. The van der Waals surface area contributed by atoms with Crippen molar-refractivity contribution in [1.29, 1.82) is 0 Å². The molecule has 28 heavy (non-hydrogen) atoms. The molecule has 3 heterocycles. The Morgan fingerprint density at radius 2 is 1.93 bits per heavy atom. The average molecular weight is 384 g/mol. The van der Waals surface area contributed by atoms with E-state index in [0.29, 0.717) is 44.4 Å². The Kier molecular flexibility index (Phi) is 5.99. The number of hydrogen-bond donors (Lipinski definition) is 2. The fraction of sp³-hybridized carbons (Fsp3) is 0.389. The first-order chi connectivity index (χ1) is 13.4. The Labute approximate surface area is 163 Å². The summed E-state index contributed by atoms with van der Waals surface area (Å²) in [6.07, 6.45) is 3.13. The standard InChI is InChI=1S/C18H24N8O2/c1-24(2)12-15(27)26-9-7-25(8-10-26)14-11-21-17(19)16(23-14)18(28)22-13-5-3-4-6-20-13/h3-6,11H,7-10,12H2,1-2H3,(H2,19,21)(H,20,22,28). The molecule has 148 valence electrons. The summed E-state index contributed by atoms with van der Waals surface area (Å²) in [5.74, 6) is 0.651. The van der Waals surface area contributed by atoms with Gasteiger partial charge in [-0.1, -0.05) is 6.07 Å². The van der Waals surface area contributed by atoms with Crippen LogP contribution in [-0.2, 0) is 4.79 Å². The molecule has 2 aromatic heterocycles. The Bertz CT molecular complexity index is 835. The Balaban J connectivity index is 1.67. The van der Waals surface area contributed by atoms with Crippen LogP contribution in [0.15, 0.2) is 30.6 Å². The van der Waals surface area contributed by atoms with E-state index in [2.05, 4.69) is 20.3 Å². The minimum atomic E-state index is -0.467. The number of nitrogens with one attached hydrogen (secondary N) is 1. The van der Waals surface area contributed by atoms with Gasteiger partial charge in [-0.05, 0) is 26.2 Å². The molecule has 3 N–H and O–H groups in total. The van der Waals surface area contributed by atoms with Crippen molar-refractivity contribution in [2.75, 3.05) is 62.8 Å². The van der Waals surface area contributed by atoms with E-state index < -0.39 is 5.91 Å². The van der Waals surface area contributed by atoms with E-state index >= 15 is 0 Å². The first-order valence-corrected chi connectivity index (χ1v) is 8.96. The number of nitrogens with zero attached hydrogens (tertiary/aromatic N) is 6. The van der Waals surface area contributed by atoms with Crippen LogP contribution in [0, 0.1) is 0 Å². The van der Waals surface area contributed by atoms with Gasteiger partial charge in [0.25, 0.3) is 5.91 Å². The van der Waals surface area contributed by atoms with E-state index in [9.17, 15) is 9.59 Å². The monoisotopic (exact) mass is 384 g/mol. The second-order valence-electron chi connectivity index (χ2n) is 6.74. The molecule has 2 aromatic rings. The van der Waals surface area contributed by atoms with Gasteiger partial charge in [-0.2, -0.15) is 0 Å². The van der Waals surface area contributed by atoms with Crippen LogP contribution in [-0.4, -0.2) is 83.4 Å². The van der Waals surface area contributed by atoms with Gasteiger partial charge in [0.2, 0.25) is 5.91 Å². The summed E-state index contributed by atoms with van der Waals surface area (Å²) in [7, 11) is 3.74. The number of carbonyl (C=O) groups is 2. The Morgan fingerprint density at radius 3 is 2.57 bits per heavy atom. The summed E-state index contributed by atoms with van der Waals surface area (Å²) in [6, 6.07) is 5.20. The van der Waals surface area contributed by atoms with E-state index in [1.807, 2.05) is 28.8 Å². The van der Waals surface area contributed by atoms with Crippen molar-refractivity contribution >= 4 is 29.3 Å². The number of rotatable bonds is 5. The molecule has 10 nitrogen and oxygen atoms in total. The molecule has 2 amide bonds. The maximum Gasteiger partial charge on any atom is 0.279 e. The largest absolute Gasteiger partial charge is 0.382 e. The van der Waals surface area contributed by atoms with Crippen molar-refractivity contribution in [3.05, 3.63) is 36.3 Å². The summed E-state index contributed by atoms with van der Waals surface area (Å²) >= 11 is 0. The predicted octanol–water partition coefficient (Wildman–Crippen LogP) is -0.0837. The Hall–Kier alpha value is -3.27. The highest BCUT2D eigenvalue weighted by Gasteiger charge is 2.24. The lowest BCUT2D eigenvalue weighted by atomic mass is 10.3. The average Bonchev–Trinajstić information content (AvgIpc) is 2.68. The van der Waals surface area contributed by atoms with Crippen LogP contribution in [0.2, 0.25) is 0 Å². The number of amides is 2. The number of hydrogen-bond acceptors (Lipinski definition) is 8. The molecule has 1 aliphatic heterocycles. The molecule has 0 aliphatic carbocycles. The molecule has 3 rings (SSSR count). The lowest BCUT2D eigenvalue weighted by Gasteiger charge is -2.35. The molecular formula is C18H24N8O2. The van der Waals surface area contributed by atoms with Crippen molar-refractivity contribution in [1.82, 2.24) is 24.8 Å². The molecule has 0 unspecified atom stereocenters. The fourth-order valence-electron chi connectivity index (χ4n) is 2.88. The smallest absolute Gasteiger partial charge is 0.279 e. The predicted molar refractivity (Wildman–Crippen MR) is 106 cm³/mol. The number of aromatic nitrogens is 3. The zero-order valence-electron chi connectivity index (χ0n) is 16.0. The third-order valence-electron chi connectivity index (χ3n) is 4.32. The van der Waals surface area contributed by atoms with Crippen LogP contribution in [0.25, 0.3) is 0 Å². The maximum atomic E-state index is 12.5. The second kappa shape index (κ2) is 8.61. The maximum absolute atomic E-state index is 12.5. The van der Waals surface area contributed by atoms with E-state index in [-0.39, 0.29) is 17.4 Å². The van der Waals surface area contributed by atoms with Crippen molar-refractivity contribution in [3.63, 3.8) is 0 Å². The number of piperazine rings is 1. The van der Waals surface area contributed by atoms with E-state index in [4.69, 9.17) is 5.73 Å². The van der Waals surface area contributed by atoms with Gasteiger partial charge in [0.05, 0.1) is 12.7 Å². The molecule has 10 heteroatoms. The van der Waals surface area contributed by atoms with Crippen molar-refractivity contribution in [2.24, 2.45) is 0 Å². The van der Waals surface area contributed by atoms with Crippen molar-refractivity contribution in [2.45, 2.75) is 0 Å². The summed E-state index contributed by atoms with van der Waals surface area (Å²) in [5, 5.41) is 2.66. The van der Waals surface area contributed by atoms with Gasteiger partial charge in [-0.3, -0.25) is 9.59 Å². The summed E-state index contributed by atoms with van der Waals surface area (Å²) in [5.41, 5.74) is 5.90. The molecule has 1 saturated heterocycles. The normalized spacial score (nSPS) is 14.2. The van der Waals surface area contributed by atoms with Gasteiger partial charge < -0.3 is 25.8 Å². The van der Waals surface area contributed by atoms with Gasteiger partial charge >= 0.3 is 0 Å². The first-order valence-electron chi connectivity index (χ1n) is 8.96. The SMILES string of the molecule is CN(C)CC(=O)N1CCN(c2cnc(N)c(C(=O)Nc3ccccn3)n2)CC1. The molecule has 0 saturated carbocycles. The number of anilines is 3. The van der Waals surface area contributed by atoms with Gasteiger partial charge in [0.1, 0.15) is 11.6 Å². The number of pyridine rings is 1. The first kappa shape index (κ1) is 19.5. The number of carbonyl (C=O) groups excluding carboxylic acids is 2.